The van der Waals surface area contributed by atoms with Crippen molar-refractivity contribution in [1.29, 1.82) is 0 Å². The highest BCUT2D eigenvalue weighted by atomic mass is 32.2. The van der Waals surface area contributed by atoms with E-state index in [0.717, 1.165) is 29.6 Å². The summed E-state index contributed by atoms with van der Waals surface area (Å²) in [5, 5.41) is 3.04. The zero-order valence-electron chi connectivity index (χ0n) is 16.3. The van der Waals surface area contributed by atoms with E-state index in [4.69, 9.17) is 4.74 Å². The second kappa shape index (κ2) is 8.43. The van der Waals surface area contributed by atoms with Crippen molar-refractivity contribution in [1.82, 2.24) is 5.32 Å². The number of carbonyl (C=O) groups excluding carboxylic acids is 1. The molecule has 0 aliphatic carbocycles. The van der Waals surface area contributed by atoms with Crippen molar-refractivity contribution >= 4 is 21.6 Å². The highest BCUT2D eigenvalue weighted by molar-refractivity contribution is 7.92. The molecule has 1 amide bonds. The van der Waals surface area contributed by atoms with Crippen LogP contribution >= 0.6 is 0 Å². The van der Waals surface area contributed by atoms with Crippen molar-refractivity contribution < 1.29 is 17.9 Å². The molecule has 2 rings (SSSR count). The lowest BCUT2D eigenvalue weighted by molar-refractivity contribution is 0.0935. The molecule has 0 heterocycles. The summed E-state index contributed by atoms with van der Waals surface area (Å²) < 4.78 is 30.5. The normalized spacial score (nSPS) is 12.3. The summed E-state index contributed by atoms with van der Waals surface area (Å²) in [6.07, 6.45) is 1.83. The molecule has 0 aromatic heterocycles. The number of ether oxygens (including phenoxy) is 1. The number of methoxy groups -OCH3 is 1. The first-order valence-corrected chi connectivity index (χ1v) is 10.6. The SMILES string of the molecule is CCC(NC(=O)c1ccc(NS(C)(=O)=O)c(C)c1)c1ccc(OC)c(C)c1. The number of rotatable bonds is 7. The molecule has 0 bridgehead atoms. The van der Waals surface area contributed by atoms with Gasteiger partial charge in [-0.1, -0.05) is 19.1 Å². The minimum atomic E-state index is -3.36. The highest BCUT2D eigenvalue weighted by Crippen LogP contribution is 2.25. The first kappa shape index (κ1) is 20.8. The van der Waals surface area contributed by atoms with Crippen molar-refractivity contribution in [2.75, 3.05) is 18.1 Å². The second-order valence-electron chi connectivity index (χ2n) is 6.57. The van der Waals surface area contributed by atoms with Crippen LogP contribution in [0.1, 0.15) is 46.4 Å². The lowest BCUT2D eigenvalue weighted by atomic mass is 10.0. The first-order chi connectivity index (χ1) is 12.6. The summed E-state index contributed by atoms with van der Waals surface area (Å²) in [4.78, 5) is 12.7. The number of benzene rings is 2. The molecule has 2 aromatic rings. The van der Waals surface area contributed by atoms with Crippen LogP contribution in [0.5, 0.6) is 5.75 Å². The number of sulfonamides is 1. The molecule has 0 fully saturated rings. The van der Waals surface area contributed by atoms with Crippen molar-refractivity contribution in [2.24, 2.45) is 0 Å². The Morgan fingerprint density at radius 2 is 1.81 bits per heavy atom. The largest absolute Gasteiger partial charge is 0.496 e. The highest BCUT2D eigenvalue weighted by Gasteiger charge is 2.16. The van der Waals surface area contributed by atoms with Gasteiger partial charge in [0.2, 0.25) is 10.0 Å². The predicted molar refractivity (Wildman–Crippen MR) is 108 cm³/mol. The van der Waals surface area contributed by atoms with Gasteiger partial charge in [0.25, 0.3) is 5.91 Å². The number of hydrogen-bond donors (Lipinski definition) is 2. The van der Waals surface area contributed by atoms with Crippen LogP contribution in [-0.4, -0.2) is 27.7 Å². The first-order valence-electron chi connectivity index (χ1n) is 8.68. The maximum atomic E-state index is 12.7. The van der Waals surface area contributed by atoms with Gasteiger partial charge in [-0.15, -0.1) is 0 Å². The van der Waals surface area contributed by atoms with Gasteiger partial charge in [-0.3, -0.25) is 9.52 Å². The third kappa shape index (κ3) is 5.47. The maximum absolute atomic E-state index is 12.7. The van der Waals surface area contributed by atoms with Crippen LogP contribution in [0.15, 0.2) is 36.4 Å². The number of aryl methyl sites for hydroxylation is 2. The van der Waals surface area contributed by atoms with E-state index in [1.807, 2.05) is 32.0 Å². The van der Waals surface area contributed by atoms with Crippen molar-refractivity contribution in [3.63, 3.8) is 0 Å². The standard InChI is InChI=1S/C20H26N2O4S/c1-6-17(15-8-10-19(26-4)14(3)12-15)21-20(23)16-7-9-18(13(2)11-16)22-27(5,24)25/h7-12,17,22H,6H2,1-5H3,(H,21,23). The van der Waals surface area contributed by atoms with E-state index in [1.54, 1.807) is 32.2 Å². The Labute approximate surface area is 161 Å². The van der Waals surface area contributed by atoms with Crippen LogP contribution in [0.3, 0.4) is 0 Å². The minimum Gasteiger partial charge on any atom is -0.496 e. The monoisotopic (exact) mass is 390 g/mol. The number of carbonyl (C=O) groups is 1. The Bertz CT molecular complexity index is 939. The zero-order chi connectivity index (χ0) is 20.2. The quantitative estimate of drug-likeness (QED) is 0.757. The van der Waals surface area contributed by atoms with E-state index >= 15 is 0 Å². The van der Waals surface area contributed by atoms with E-state index in [2.05, 4.69) is 10.0 Å². The summed E-state index contributed by atoms with van der Waals surface area (Å²) in [6, 6.07) is 10.6. The molecular formula is C20H26N2O4S. The number of hydrogen-bond acceptors (Lipinski definition) is 4. The summed E-state index contributed by atoms with van der Waals surface area (Å²) in [5.41, 5.74) is 3.65. The molecule has 27 heavy (non-hydrogen) atoms. The Hall–Kier alpha value is -2.54. The molecule has 7 heteroatoms. The Kier molecular flexibility index (Phi) is 6.49. The van der Waals surface area contributed by atoms with E-state index in [9.17, 15) is 13.2 Å². The molecule has 0 saturated carbocycles. The molecule has 0 radical (unpaired) electrons. The van der Waals surface area contributed by atoms with Gasteiger partial charge < -0.3 is 10.1 Å². The number of amides is 1. The molecule has 0 spiro atoms. The molecule has 0 aliphatic heterocycles. The van der Waals surface area contributed by atoms with Crippen molar-refractivity contribution in [2.45, 2.75) is 33.2 Å². The Morgan fingerprint density at radius 3 is 2.33 bits per heavy atom. The maximum Gasteiger partial charge on any atom is 0.251 e. The van der Waals surface area contributed by atoms with Gasteiger partial charge in [-0.25, -0.2) is 8.42 Å². The average molecular weight is 391 g/mol. The summed E-state index contributed by atoms with van der Waals surface area (Å²) in [5.74, 6) is 0.605. The molecule has 0 saturated heterocycles. The van der Waals surface area contributed by atoms with Crippen molar-refractivity contribution in [3.05, 3.63) is 58.7 Å². The molecule has 0 aliphatic rings. The number of nitrogens with one attached hydrogen (secondary N) is 2. The molecule has 1 atom stereocenters. The topological polar surface area (TPSA) is 84.5 Å². The molecule has 2 aromatic carbocycles. The third-order valence-electron chi connectivity index (χ3n) is 4.32. The summed E-state index contributed by atoms with van der Waals surface area (Å²) in [7, 11) is -1.73. The van der Waals surface area contributed by atoms with Crippen LogP contribution in [0.4, 0.5) is 5.69 Å². The van der Waals surface area contributed by atoms with E-state index < -0.39 is 10.0 Å². The van der Waals surface area contributed by atoms with E-state index in [0.29, 0.717) is 16.8 Å². The lowest BCUT2D eigenvalue weighted by Crippen LogP contribution is -2.28. The zero-order valence-corrected chi connectivity index (χ0v) is 17.1. The van der Waals surface area contributed by atoms with Gasteiger partial charge in [-0.05, 0) is 61.2 Å². The van der Waals surface area contributed by atoms with Gasteiger partial charge in [0.15, 0.2) is 0 Å². The lowest BCUT2D eigenvalue weighted by Gasteiger charge is -2.19. The molecule has 146 valence electrons. The van der Waals surface area contributed by atoms with Gasteiger partial charge in [0.1, 0.15) is 5.75 Å². The van der Waals surface area contributed by atoms with E-state index in [1.165, 1.54) is 0 Å². The van der Waals surface area contributed by atoms with Crippen LogP contribution < -0.4 is 14.8 Å². The van der Waals surface area contributed by atoms with Crippen LogP contribution in [-0.2, 0) is 10.0 Å². The average Bonchev–Trinajstić information content (AvgIpc) is 2.60. The third-order valence-corrected chi connectivity index (χ3v) is 4.91. The minimum absolute atomic E-state index is 0.128. The molecular weight excluding hydrogens is 364 g/mol. The fraction of sp³-hybridized carbons (Fsp3) is 0.350. The summed E-state index contributed by atoms with van der Waals surface area (Å²) >= 11 is 0. The molecule has 6 nitrogen and oxygen atoms in total. The fourth-order valence-electron chi connectivity index (χ4n) is 2.90. The van der Waals surface area contributed by atoms with Gasteiger partial charge in [0, 0.05) is 5.56 Å². The fourth-order valence-corrected chi connectivity index (χ4v) is 3.53. The van der Waals surface area contributed by atoms with Gasteiger partial charge in [-0.2, -0.15) is 0 Å². The predicted octanol–water partition coefficient (Wildman–Crippen LogP) is 3.56. The second-order valence-corrected chi connectivity index (χ2v) is 8.32. The van der Waals surface area contributed by atoms with E-state index in [-0.39, 0.29) is 11.9 Å². The summed E-state index contributed by atoms with van der Waals surface area (Å²) in [6.45, 7) is 5.73. The molecule has 2 N–H and O–H groups in total. The van der Waals surface area contributed by atoms with Gasteiger partial charge in [0.05, 0.1) is 25.1 Å². The molecule has 1 unspecified atom stereocenters. The van der Waals surface area contributed by atoms with Crippen LogP contribution in [0.2, 0.25) is 0 Å². The Balaban J connectivity index is 2.19. The smallest absolute Gasteiger partial charge is 0.251 e. The van der Waals surface area contributed by atoms with Crippen LogP contribution in [0, 0.1) is 13.8 Å². The number of anilines is 1. The van der Waals surface area contributed by atoms with Crippen LogP contribution in [0.25, 0.3) is 0 Å². The van der Waals surface area contributed by atoms with Crippen molar-refractivity contribution in [3.8, 4) is 5.75 Å². The Morgan fingerprint density at radius 1 is 1.11 bits per heavy atom. The van der Waals surface area contributed by atoms with Gasteiger partial charge >= 0.3 is 0 Å².